The molecule has 2 heterocycles. The van der Waals surface area contributed by atoms with E-state index < -0.39 is 11.2 Å². The van der Waals surface area contributed by atoms with Crippen molar-refractivity contribution in [3.8, 4) is 0 Å². The highest BCUT2D eigenvalue weighted by Gasteiger charge is 2.36. The number of amides is 2. The van der Waals surface area contributed by atoms with Crippen LogP contribution in [0.25, 0.3) is 11.0 Å². The molecule has 1 saturated heterocycles. The molecule has 1 aliphatic heterocycles. The van der Waals surface area contributed by atoms with E-state index in [4.69, 9.17) is 0 Å². The molecular formula is C15H17FN4O2. The summed E-state index contributed by atoms with van der Waals surface area (Å²) >= 11 is 0. The van der Waals surface area contributed by atoms with E-state index in [2.05, 4.69) is 20.6 Å². The maximum absolute atomic E-state index is 14.0. The number of hydrogen-bond acceptors (Lipinski definition) is 3. The molecule has 2 amide bonds. The highest BCUT2D eigenvalue weighted by Crippen LogP contribution is 2.26. The Morgan fingerprint density at radius 2 is 2.32 bits per heavy atom. The Morgan fingerprint density at radius 1 is 1.50 bits per heavy atom. The lowest BCUT2D eigenvalue weighted by Gasteiger charge is -2.32. The molecule has 3 rings (SSSR count). The molecule has 1 aliphatic rings. The molecule has 1 unspecified atom stereocenters. The van der Waals surface area contributed by atoms with Gasteiger partial charge in [-0.1, -0.05) is 0 Å². The van der Waals surface area contributed by atoms with E-state index in [0.717, 1.165) is 5.52 Å². The van der Waals surface area contributed by atoms with Crippen molar-refractivity contribution < 1.29 is 14.0 Å². The van der Waals surface area contributed by atoms with Crippen LogP contribution >= 0.6 is 0 Å². The van der Waals surface area contributed by atoms with Gasteiger partial charge < -0.3 is 15.6 Å². The number of hydrogen-bond donors (Lipinski definition) is 3. The number of aromatic nitrogens is 2. The van der Waals surface area contributed by atoms with Crippen LogP contribution in [-0.2, 0) is 16.1 Å². The van der Waals surface area contributed by atoms with Gasteiger partial charge in [0.25, 0.3) is 0 Å². The number of H-pyrrole nitrogens is 1. The molecule has 7 heteroatoms. The van der Waals surface area contributed by atoms with Crippen molar-refractivity contribution in [1.29, 1.82) is 0 Å². The normalized spacial score (nSPS) is 21.6. The van der Waals surface area contributed by atoms with Crippen LogP contribution in [0, 0.1) is 11.2 Å². The molecule has 0 spiro atoms. The topological polar surface area (TPSA) is 86.9 Å². The SMILES string of the molecule is CC1(C(=O)NCc2c(F)ccc3[nH]cnc23)CCC(=O)NC1. The van der Waals surface area contributed by atoms with Gasteiger partial charge in [0.1, 0.15) is 5.82 Å². The molecule has 2 aromatic rings. The Balaban J connectivity index is 1.74. The third-order valence-corrected chi connectivity index (χ3v) is 4.19. The van der Waals surface area contributed by atoms with Gasteiger partial charge in [-0.3, -0.25) is 9.59 Å². The fraction of sp³-hybridized carbons (Fsp3) is 0.400. The van der Waals surface area contributed by atoms with E-state index in [1.54, 1.807) is 13.0 Å². The van der Waals surface area contributed by atoms with Crippen LogP contribution in [0.5, 0.6) is 0 Å². The average Bonchev–Trinajstić information content (AvgIpc) is 2.97. The summed E-state index contributed by atoms with van der Waals surface area (Å²) in [5.41, 5.74) is 0.934. The predicted octanol–water partition coefficient (Wildman–Crippen LogP) is 1.23. The van der Waals surface area contributed by atoms with Gasteiger partial charge in [-0.15, -0.1) is 0 Å². The van der Waals surface area contributed by atoms with E-state index in [1.807, 2.05) is 0 Å². The predicted molar refractivity (Wildman–Crippen MR) is 78.2 cm³/mol. The Labute approximate surface area is 126 Å². The van der Waals surface area contributed by atoms with Crippen LogP contribution < -0.4 is 10.6 Å². The molecule has 1 aromatic heterocycles. The van der Waals surface area contributed by atoms with Crippen LogP contribution in [0.1, 0.15) is 25.3 Å². The van der Waals surface area contributed by atoms with Gasteiger partial charge in [-0.2, -0.15) is 0 Å². The highest BCUT2D eigenvalue weighted by atomic mass is 19.1. The third kappa shape index (κ3) is 2.54. The summed E-state index contributed by atoms with van der Waals surface area (Å²) in [4.78, 5) is 30.6. The lowest BCUT2D eigenvalue weighted by atomic mass is 9.81. The molecule has 0 saturated carbocycles. The minimum absolute atomic E-state index is 0.0439. The van der Waals surface area contributed by atoms with E-state index in [0.29, 0.717) is 30.5 Å². The number of piperidine rings is 1. The van der Waals surface area contributed by atoms with Crippen molar-refractivity contribution in [3.05, 3.63) is 29.8 Å². The molecule has 0 bridgehead atoms. The molecular weight excluding hydrogens is 287 g/mol. The maximum Gasteiger partial charge on any atom is 0.228 e. The zero-order valence-corrected chi connectivity index (χ0v) is 12.2. The second-order valence-electron chi connectivity index (χ2n) is 5.84. The van der Waals surface area contributed by atoms with Gasteiger partial charge in [-0.25, -0.2) is 9.37 Å². The van der Waals surface area contributed by atoms with E-state index in [-0.39, 0.29) is 18.4 Å². The molecule has 1 atom stereocenters. The number of halogens is 1. The minimum atomic E-state index is -0.663. The van der Waals surface area contributed by atoms with Crippen LogP contribution in [0.3, 0.4) is 0 Å². The Kier molecular flexibility index (Phi) is 3.56. The van der Waals surface area contributed by atoms with Crippen LogP contribution in [0.4, 0.5) is 4.39 Å². The quantitative estimate of drug-likeness (QED) is 0.797. The summed E-state index contributed by atoms with van der Waals surface area (Å²) in [6.07, 6.45) is 2.31. The number of carbonyl (C=O) groups excluding carboxylic acids is 2. The van der Waals surface area contributed by atoms with E-state index >= 15 is 0 Å². The van der Waals surface area contributed by atoms with Crippen LogP contribution in [-0.4, -0.2) is 28.3 Å². The number of fused-ring (bicyclic) bond motifs is 1. The van der Waals surface area contributed by atoms with E-state index in [1.165, 1.54) is 12.4 Å². The van der Waals surface area contributed by atoms with Crippen LogP contribution in [0.2, 0.25) is 0 Å². The van der Waals surface area contributed by atoms with Gasteiger partial charge in [0.15, 0.2) is 0 Å². The summed E-state index contributed by atoms with van der Waals surface area (Å²) in [6.45, 7) is 2.16. The Bertz CT molecular complexity index is 730. The first-order chi connectivity index (χ1) is 10.5. The molecule has 3 N–H and O–H groups in total. The lowest BCUT2D eigenvalue weighted by molar-refractivity contribution is -0.134. The first-order valence-corrected chi connectivity index (χ1v) is 7.15. The van der Waals surface area contributed by atoms with Crippen molar-refractivity contribution in [3.63, 3.8) is 0 Å². The van der Waals surface area contributed by atoms with Gasteiger partial charge in [0.05, 0.1) is 22.8 Å². The van der Waals surface area contributed by atoms with Gasteiger partial charge in [0, 0.05) is 25.1 Å². The number of benzene rings is 1. The zero-order valence-electron chi connectivity index (χ0n) is 12.2. The fourth-order valence-electron chi connectivity index (χ4n) is 2.65. The number of imidazole rings is 1. The summed E-state index contributed by atoms with van der Waals surface area (Å²) in [6, 6.07) is 2.96. The smallest absolute Gasteiger partial charge is 0.228 e. The summed E-state index contributed by atoms with van der Waals surface area (Å²) < 4.78 is 14.0. The molecule has 1 fully saturated rings. The molecule has 1 aromatic carbocycles. The van der Waals surface area contributed by atoms with Crippen molar-refractivity contribution in [1.82, 2.24) is 20.6 Å². The van der Waals surface area contributed by atoms with Gasteiger partial charge >= 0.3 is 0 Å². The second-order valence-corrected chi connectivity index (χ2v) is 5.84. The molecule has 22 heavy (non-hydrogen) atoms. The number of rotatable bonds is 3. The standard InChI is InChI=1S/C15H17FN4O2/c1-15(5-4-12(21)18-7-15)14(22)17-6-9-10(16)2-3-11-13(9)20-8-19-11/h2-3,8H,4-7H2,1H3,(H,17,22)(H,18,21)(H,19,20). The Morgan fingerprint density at radius 3 is 3.05 bits per heavy atom. The van der Waals surface area contributed by atoms with Crippen LogP contribution in [0.15, 0.2) is 18.5 Å². The maximum atomic E-state index is 14.0. The molecule has 6 nitrogen and oxygen atoms in total. The van der Waals surface area contributed by atoms with Crippen molar-refractivity contribution >= 4 is 22.8 Å². The lowest BCUT2D eigenvalue weighted by Crippen LogP contribution is -2.50. The zero-order chi connectivity index (χ0) is 15.7. The molecule has 116 valence electrons. The van der Waals surface area contributed by atoms with Gasteiger partial charge in [-0.05, 0) is 25.5 Å². The number of nitrogens with one attached hydrogen (secondary N) is 3. The van der Waals surface area contributed by atoms with Gasteiger partial charge in [0.2, 0.25) is 11.8 Å². The largest absolute Gasteiger partial charge is 0.355 e. The third-order valence-electron chi connectivity index (χ3n) is 4.19. The Hall–Kier alpha value is -2.44. The second kappa shape index (κ2) is 5.40. The van der Waals surface area contributed by atoms with E-state index in [9.17, 15) is 14.0 Å². The monoisotopic (exact) mass is 304 g/mol. The summed E-state index contributed by atoms with van der Waals surface area (Å²) in [5.74, 6) is -0.640. The van der Waals surface area contributed by atoms with Crippen molar-refractivity contribution in [2.75, 3.05) is 6.54 Å². The summed E-state index contributed by atoms with van der Waals surface area (Å²) in [5, 5.41) is 5.46. The van der Waals surface area contributed by atoms with Crippen molar-refractivity contribution in [2.45, 2.75) is 26.3 Å². The first kappa shape index (κ1) is 14.5. The van der Waals surface area contributed by atoms with Crippen molar-refractivity contribution in [2.24, 2.45) is 5.41 Å². The number of nitrogens with zero attached hydrogens (tertiary/aromatic N) is 1. The average molecular weight is 304 g/mol. The number of aromatic amines is 1. The minimum Gasteiger partial charge on any atom is -0.355 e. The summed E-state index contributed by atoms with van der Waals surface area (Å²) in [7, 11) is 0. The molecule has 0 aliphatic carbocycles. The highest BCUT2D eigenvalue weighted by molar-refractivity contribution is 5.87. The number of carbonyl (C=O) groups is 2. The molecule has 0 radical (unpaired) electrons. The fourth-order valence-corrected chi connectivity index (χ4v) is 2.65. The first-order valence-electron chi connectivity index (χ1n) is 7.15.